The third-order valence-electron chi connectivity index (χ3n) is 2.60. The van der Waals surface area contributed by atoms with Gasteiger partial charge in [0.15, 0.2) is 0 Å². The molecular formula is C13H15Cl2N3S. The summed E-state index contributed by atoms with van der Waals surface area (Å²) in [6.07, 6.45) is 0.909. The maximum atomic E-state index is 6.01. The number of nitrogens with one attached hydrogen (secondary N) is 1. The molecule has 2 aromatic rings. The molecule has 2 rings (SSSR count). The van der Waals surface area contributed by atoms with Crippen molar-refractivity contribution in [3.8, 4) is 11.3 Å². The molecule has 0 bridgehead atoms. The Labute approximate surface area is 126 Å². The van der Waals surface area contributed by atoms with Gasteiger partial charge in [-0.3, -0.25) is 0 Å². The Balaban J connectivity index is 2.01. The molecule has 0 fully saturated rings. The summed E-state index contributed by atoms with van der Waals surface area (Å²) in [4.78, 5) is 4.59. The van der Waals surface area contributed by atoms with Gasteiger partial charge >= 0.3 is 0 Å². The highest BCUT2D eigenvalue weighted by molar-refractivity contribution is 7.09. The molecular weight excluding hydrogens is 301 g/mol. The Morgan fingerprint density at radius 1 is 1.21 bits per heavy atom. The molecule has 3 nitrogen and oxygen atoms in total. The zero-order valence-corrected chi connectivity index (χ0v) is 12.7. The van der Waals surface area contributed by atoms with Gasteiger partial charge in [0.1, 0.15) is 0 Å². The molecule has 0 aliphatic carbocycles. The van der Waals surface area contributed by atoms with E-state index in [1.807, 2.05) is 17.5 Å². The molecule has 0 atom stereocenters. The van der Waals surface area contributed by atoms with E-state index in [1.165, 1.54) is 0 Å². The first-order valence-electron chi connectivity index (χ1n) is 6.01. The van der Waals surface area contributed by atoms with Crippen molar-refractivity contribution in [2.24, 2.45) is 5.73 Å². The minimum atomic E-state index is 0.554. The average molecular weight is 316 g/mol. The maximum absolute atomic E-state index is 6.01. The molecule has 102 valence electrons. The van der Waals surface area contributed by atoms with E-state index in [0.29, 0.717) is 16.6 Å². The Kier molecular flexibility index (Phi) is 5.60. The summed E-state index contributed by atoms with van der Waals surface area (Å²) in [5.74, 6) is 0. The molecule has 0 spiro atoms. The molecule has 3 N–H and O–H groups in total. The lowest BCUT2D eigenvalue weighted by Gasteiger charge is -2.00. The van der Waals surface area contributed by atoms with Gasteiger partial charge in [-0.2, -0.15) is 0 Å². The molecule has 0 unspecified atom stereocenters. The first kappa shape index (κ1) is 14.8. The summed E-state index contributed by atoms with van der Waals surface area (Å²) >= 11 is 13.6. The fourth-order valence-electron chi connectivity index (χ4n) is 1.64. The second-order valence-electron chi connectivity index (χ2n) is 4.04. The van der Waals surface area contributed by atoms with E-state index in [0.717, 1.165) is 35.8 Å². The summed E-state index contributed by atoms with van der Waals surface area (Å²) in [6.45, 7) is 2.39. The Morgan fingerprint density at radius 3 is 2.79 bits per heavy atom. The molecule has 1 aromatic carbocycles. The lowest BCUT2D eigenvalue weighted by Crippen LogP contribution is -2.24. The van der Waals surface area contributed by atoms with Gasteiger partial charge in [-0.15, -0.1) is 11.3 Å². The highest BCUT2D eigenvalue weighted by Crippen LogP contribution is 2.29. The van der Waals surface area contributed by atoms with Crippen molar-refractivity contribution in [3.05, 3.63) is 38.6 Å². The van der Waals surface area contributed by atoms with E-state index in [9.17, 15) is 0 Å². The number of rotatable bonds is 6. The van der Waals surface area contributed by atoms with Crippen molar-refractivity contribution in [1.82, 2.24) is 10.3 Å². The number of nitrogens with zero attached hydrogens (tertiary/aromatic N) is 1. The van der Waals surface area contributed by atoms with Crippen LogP contribution in [0.3, 0.4) is 0 Å². The second-order valence-corrected chi connectivity index (χ2v) is 5.80. The maximum Gasteiger partial charge on any atom is 0.0945 e. The highest BCUT2D eigenvalue weighted by Gasteiger charge is 2.06. The zero-order chi connectivity index (χ0) is 13.7. The average Bonchev–Trinajstić information content (AvgIpc) is 2.87. The number of hydrogen-bond acceptors (Lipinski definition) is 4. The first-order valence-corrected chi connectivity index (χ1v) is 7.65. The molecule has 0 amide bonds. The fourth-order valence-corrected chi connectivity index (χ4v) is 2.74. The van der Waals surface area contributed by atoms with E-state index < -0.39 is 0 Å². The van der Waals surface area contributed by atoms with Gasteiger partial charge in [-0.05, 0) is 12.1 Å². The standard InChI is InChI=1S/C13H15Cl2N3S/c14-10-2-1-9(7-11(10)15)12-8-19-13(18-12)3-5-17-6-4-16/h1-2,7-8,17H,3-6,16H2. The monoisotopic (exact) mass is 315 g/mol. The molecule has 1 heterocycles. The third kappa shape index (κ3) is 4.16. The zero-order valence-electron chi connectivity index (χ0n) is 10.3. The Morgan fingerprint density at radius 2 is 2.05 bits per heavy atom. The predicted molar refractivity (Wildman–Crippen MR) is 83.2 cm³/mol. The number of aromatic nitrogens is 1. The van der Waals surface area contributed by atoms with Crippen LogP contribution in [-0.2, 0) is 6.42 Å². The highest BCUT2D eigenvalue weighted by atomic mass is 35.5. The van der Waals surface area contributed by atoms with Crippen LogP contribution in [0.1, 0.15) is 5.01 Å². The van der Waals surface area contributed by atoms with Crippen LogP contribution in [-0.4, -0.2) is 24.6 Å². The molecule has 0 aliphatic heterocycles. The third-order valence-corrected chi connectivity index (χ3v) is 4.25. The van der Waals surface area contributed by atoms with Crippen molar-refractivity contribution in [2.45, 2.75) is 6.42 Å². The van der Waals surface area contributed by atoms with E-state index in [1.54, 1.807) is 17.4 Å². The van der Waals surface area contributed by atoms with E-state index in [4.69, 9.17) is 28.9 Å². The fraction of sp³-hybridized carbons (Fsp3) is 0.308. The molecule has 0 saturated carbocycles. The smallest absolute Gasteiger partial charge is 0.0945 e. The van der Waals surface area contributed by atoms with Crippen molar-refractivity contribution >= 4 is 34.5 Å². The van der Waals surface area contributed by atoms with Crippen molar-refractivity contribution in [2.75, 3.05) is 19.6 Å². The largest absolute Gasteiger partial charge is 0.329 e. The van der Waals surface area contributed by atoms with E-state index >= 15 is 0 Å². The van der Waals surface area contributed by atoms with Gasteiger partial charge < -0.3 is 11.1 Å². The van der Waals surface area contributed by atoms with Gasteiger partial charge in [-0.25, -0.2) is 4.98 Å². The van der Waals surface area contributed by atoms with Crippen LogP contribution >= 0.6 is 34.5 Å². The lowest BCUT2D eigenvalue weighted by molar-refractivity contribution is 0.687. The quantitative estimate of drug-likeness (QED) is 0.805. The summed E-state index contributed by atoms with van der Waals surface area (Å²) in [6, 6.07) is 5.57. The number of thiazole rings is 1. The predicted octanol–water partition coefficient (Wildman–Crippen LogP) is 3.21. The normalized spacial score (nSPS) is 10.9. The number of benzene rings is 1. The number of halogens is 2. The summed E-state index contributed by atoms with van der Waals surface area (Å²) < 4.78 is 0. The summed E-state index contributed by atoms with van der Waals surface area (Å²) in [5, 5.41) is 7.51. The van der Waals surface area contributed by atoms with Gasteiger partial charge in [-0.1, -0.05) is 29.3 Å². The molecule has 0 aliphatic rings. The summed E-state index contributed by atoms with van der Waals surface area (Å²) in [7, 11) is 0. The SMILES string of the molecule is NCCNCCc1nc(-c2ccc(Cl)c(Cl)c2)cs1. The number of hydrogen-bond donors (Lipinski definition) is 2. The van der Waals surface area contributed by atoms with Crippen LogP contribution in [0, 0.1) is 0 Å². The van der Waals surface area contributed by atoms with Gasteiger partial charge in [0.25, 0.3) is 0 Å². The Bertz CT molecular complexity index is 542. The lowest BCUT2D eigenvalue weighted by atomic mass is 10.2. The van der Waals surface area contributed by atoms with E-state index in [-0.39, 0.29) is 0 Å². The topological polar surface area (TPSA) is 50.9 Å². The van der Waals surface area contributed by atoms with Crippen LogP contribution in [0.2, 0.25) is 10.0 Å². The molecule has 0 saturated heterocycles. The second kappa shape index (κ2) is 7.22. The van der Waals surface area contributed by atoms with Gasteiger partial charge in [0.2, 0.25) is 0 Å². The van der Waals surface area contributed by atoms with Crippen LogP contribution in [0.25, 0.3) is 11.3 Å². The minimum Gasteiger partial charge on any atom is -0.329 e. The van der Waals surface area contributed by atoms with Gasteiger partial charge in [0.05, 0.1) is 20.7 Å². The van der Waals surface area contributed by atoms with Crippen molar-refractivity contribution < 1.29 is 0 Å². The van der Waals surface area contributed by atoms with Crippen LogP contribution in [0.15, 0.2) is 23.6 Å². The number of nitrogens with two attached hydrogens (primary N) is 1. The molecule has 1 aromatic heterocycles. The molecule has 19 heavy (non-hydrogen) atoms. The first-order chi connectivity index (χ1) is 9.20. The molecule has 6 heteroatoms. The summed E-state index contributed by atoms with van der Waals surface area (Å²) in [5.41, 5.74) is 7.35. The minimum absolute atomic E-state index is 0.554. The van der Waals surface area contributed by atoms with E-state index in [2.05, 4.69) is 10.3 Å². The molecule has 0 radical (unpaired) electrons. The van der Waals surface area contributed by atoms with Crippen LogP contribution in [0.5, 0.6) is 0 Å². The van der Waals surface area contributed by atoms with Gasteiger partial charge in [0, 0.05) is 37.0 Å². The van der Waals surface area contributed by atoms with Crippen molar-refractivity contribution in [1.29, 1.82) is 0 Å². The Hall–Kier alpha value is -0.650. The van der Waals surface area contributed by atoms with Crippen LogP contribution in [0.4, 0.5) is 0 Å². The van der Waals surface area contributed by atoms with Crippen molar-refractivity contribution in [3.63, 3.8) is 0 Å². The van der Waals surface area contributed by atoms with Crippen LogP contribution < -0.4 is 11.1 Å².